The Balaban J connectivity index is 1.79. The minimum absolute atomic E-state index is 0.0980. The average molecular weight is 270 g/mol. The Bertz CT molecular complexity index is 306. The minimum Gasteiger partial charge on any atom is -0.389 e. The highest BCUT2D eigenvalue weighted by molar-refractivity contribution is 5.78. The maximum absolute atomic E-state index is 12.2. The van der Waals surface area contributed by atoms with Crippen molar-refractivity contribution in [1.29, 1.82) is 0 Å². The molecule has 2 fully saturated rings. The summed E-state index contributed by atoms with van der Waals surface area (Å²) in [4.78, 5) is 15.9. The van der Waals surface area contributed by atoms with Crippen molar-refractivity contribution in [2.45, 2.75) is 50.9 Å². The zero-order valence-corrected chi connectivity index (χ0v) is 12.0. The molecular weight excluding hydrogens is 244 g/mol. The highest BCUT2D eigenvalue weighted by atomic mass is 16.3. The molecule has 0 radical (unpaired) electrons. The molecule has 0 spiro atoms. The summed E-state index contributed by atoms with van der Waals surface area (Å²) in [5.41, 5.74) is 0. The molecule has 1 aliphatic carbocycles. The van der Waals surface area contributed by atoms with Crippen LogP contribution in [0.15, 0.2) is 0 Å². The van der Waals surface area contributed by atoms with Gasteiger partial charge in [-0.05, 0) is 31.6 Å². The standard InChI is InChI=1S/C14H26N2O3/c1-10-3-5-11(6-4-10)15(2)14(19)9-16-7-12(17)13(18)8-16/h10-13,17-18H,3-9H2,1-2H3/t10?,11?,12-,13+. The van der Waals surface area contributed by atoms with Crippen molar-refractivity contribution in [3.8, 4) is 0 Å². The van der Waals surface area contributed by atoms with Crippen molar-refractivity contribution in [2.24, 2.45) is 5.92 Å². The third-order valence-electron chi connectivity index (χ3n) is 4.62. The van der Waals surface area contributed by atoms with Crippen LogP contribution in [0.1, 0.15) is 32.6 Å². The van der Waals surface area contributed by atoms with Crippen molar-refractivity contribution >= 4 is 5.91 Å². The first-order valence-corrected chi connectivity index (χ1v) is 7.31. The molecule has 0 aromatic carbocycles. The number of likely N-dealkylation sites (tertiary alicyclic amines) is 1. The topological polar surface area (TPSA) is 64.0 Å². The summed E-state index contributed by atoms with van der Waals surface area (Å²) in [6.07, 6.45) is 3.15. The first kappa shape index (κ1) is 14.8. The lowest BCUT2D eigenvalue weighted by atomic mass is 9.87. The largest absolute Gasteiger partial charge is 0.389 e. The van der Waals surface area contributed by atoms with Gasteiger partial charge in [-0.15, -0.1) is 0 Å². The van der Waals surface area contributed by atoms with Crippen LogP contribution in [0.5, 0.6) is 0 Å². The molecule has 110 valence electrons. The van der Waals surface area contributed by atoms with Crippen LogP contribution in [-0.2, 0) is 4.79 Å². The van der Waals surface area contributed by atoms with Crippen LogP contribution in [0.3, 0.4) is 0 Å². The molecule has 2 N–H and O–H groups in total. The summed E-state index contributed by atoms with van der Waals surface area (Å²) in [5, 5.41) is 19.0. The molecular formula is C14H26N2O3. The second-order valence-electron chi connectivity index (χ2n) is 6.25. The number of aliphatic hydroxyl groups is 2. The first-order chi connectivity index (χ1) is 8.97. The molecule has 0 unspecified atom stereocenters. The van der Waals surface area contributed by atoms with Gasteiger partial charge in [0.05, 0.1) is 18.8 Å². The monoisotopic (exact) mass is 270 g/mol. The van der Waals surface area contributed by atoms with Crippen LogP contribution in [0.25, 0.3) is 0 Å². The molecule has 1 saturated carbocycles. The van der Waals surface area contributed by atoms with Crippen molar-refractivity contribution in [2.75, 3.05) is 26.7 Å². The van der Waals surface area contributed by atoms with Gasteiger partial charge in [0.15, 0.2) is 0 Å². The smallest absolute Gasteiger partial charge is 0.236 e. The fourth-order valence-corrected chi connectivity index (χ4v) is 3.11. The molecule has 5 heteroatoms. The van der Waals surface area contributed by atoms with Crippen molar-refractivity contribution in [3.63, 3.8) is 0 Å². The van der Waals surface area contributed by atoms with E-state index in [0.29, 0.717) is 25.7 Å². The number of amides is 1. The zero-order chi connectivity index (χ0) is 14.0. The molecule has 19 heavy (non-hydrogen) atoms. The Morgan fingerprint density at radius 1 is 1.16 bits per heavy atom. The summed E-state index contributed by atoms with van der Waals surface area (Å²) < 4.78 is 0. The van der Waals surface area contributed by atoms with Crippen LogP contribution in [-0.4, -0.2) is 70.9 Å². The second-order valence-corrected chi connectivity index (χ2v) is 6.25. The van der Waals surface area contributed by atoms with E-state index < -0.39 is 12.2 Å². The van der Waals surface area contributed by atoms with E-state index in [4.69, 9.17) is 0 Å². The average Bonchev–Trinajstić information content (AvgIpc) is 2.68. The lowest BCUT2D eigenvalue weighted by molar-refractivity contribution is -0.133. The molecule has 1 aliphatic heterocycles. The van der Waals surface area contributed by atoms with E-state index in [9.17, 15) is 15.0 Å². The van der Waals surface area contributed by atoms with Crippen LogP contribution >= 0.6 is 0 Å². The molecule has 0 aromatic rings. The highest BCUT2D eigenvalue weighted by Crippen LogP contribution is 2.26. The van der Waals surface area contributed by atoms with Gasteiger partial charge in [-0.1, -0.05) is 6.92 Å². The van der Waals surface area contributed by atoms with Crippen molar-refractivity contribution in [1.82, 2.24) is 9.80 Å². The number of hydrogen-bond donors (Lipinski definition) is 2. The number of β-amino-alcohol motifs (C(OH)–C–C–N with tert-alkyl or cyclic N) is 2. The molecule has 0 bridgehead atoms. The third-order valence-corrected chi connectivity index (χ3v) is 4.62. The van der Waals surface area contributed by atoms with Gasteiger partial charge in [-0.25, -0.2) is 0 Å². The summed E-state index contributed by atoms with van der Waals surface area (Å²) in [5.74, 6) is 0.879. The van der Waals surface area contributed by atoms with Gasteiger partial charge in [0.2, 0.25) is 5.91 Å². The Labute approximate surface area is 115 Å². The predicted molar refractivity (Wildman–Crippen MR) is 72.6 cm³/mol. The molecule has 2 rings (SSSR count). The van der Waals surface area contributed by atoms with Gasteiger partial charge < -0.3 is 15.1 Å². The van der Waals surface area contributed by atoms with E-state index in [1.807, 2.05) is 16.8 Å². The van der Waals surface area contributed by atoms with E-state index in [1.165, 1.54) is 12.8 Å². The Hall–Kier alpha value is -0.650. The van der Waals surface area contributed by atoms with Gasteiger partial charge >= 0.3 is 0 Å². The quantitative estimate of drug-likeness (QED) is 0.761. The molecule has 1 heterocycles. The highest BCUT2D eigenvalue weighted by Gasteiger charge is 2.32. The summed E-state index contributed by atoms with van der Waals surface area (Å²) >= 11 is 0. The van der Waals surface area contributed by atoms with E-state index in [0.717, 1.165) is 18.8 Å². The third kappa shape index (κ3) is 3.68. The van der Waals surface area contributed by atoms with E-state index >= 15 is 0 Å². The molecule has 2 atom stereocenters. The lowest BCUT2D eigenvalue weighted by Crippen LogP contribution is -2.44. The number of hydrogen-bond acceptors (Lipinski definition) is 4. The van der Waals surface area contributed by atoms with E-state index in [1.54, 1.807) is 0 Å². The normalized spacial score (nSPS) is 36.4. The van der Waals surface area contributed by atoms with Gasteiger partial charge in [-0.2, -0.15) is 0 Å². The maximum Gasteiger partial charge on any atom is 0.236 e. The van der Waals surface area contributed by atoms with Crippen LogP contribution < -0.4 is 0 Å². The van der Waals surface area contributed by atoms with Crippen LogP contribution in [0, 0.1) is 5.92 Å². The summed E-state index contributed by atoms with van der Waals surface area (Å²) in [6.45, 7) is 3.35. The van der Waals surface area contributed by atoms with E-state index in [2.05, 4.69) is 6.92 Å². The maximum atomic E-state index is 12.2. The number of aliphatic hydroxyl groups excluding tert-OH is 2. The van der Waals surface area contributed by atoms with Crippen LogP contribution in [0.2, 0.25) is 0 Å². The Morgan fingerprint density at radius 3 is 2.21 bits per heavy atom. The fourth-order valence-electron chi connectivity index (χ4n) is 3.11. The number of nitrogens with zero attached hydrogens (tertiary/aromatic N) is 2. The SMILES string of the molecule is CC1CCC(N(C)C(=O)CN2C[C@@H](O)[C@@H](O)C2)CC1. The van der Waals surface area contributed by atoms with Gasteiger partial charge in [0.25, 0.3) is 0 Å². The van der Waals surface area contributed by atoms with Gasteiger partial charge in [0, 0.05) is 26.2 Å². The molecule has 1 amide bonds. The minimum atomic E-state index is -0.714. The zero-order valence-electron chi connectivity index (χ0n) is 12.0. The Kier molecular flexibility index (Phi) is 4.81. The fraction of sp³-hybridized carbons (Fsp3) is 0.929. The number of likely N-dealkylation sites (N-methyl/N-ethyl adjacent to an activating group) is 1. The molecule has 2 aliphatic rings. The first-order valence-electron chi connectivity index (χ1n) is 7.31. The Morgan fingerprint density at radius 2 is 1.68 bits per heavy atom. The lowest BCUT2D eigenvalue weighted by Gasteiger charge is -2.34. The van der Waals surface area contributed by atoms with E-state index in [-0.39, 0.29) is 5.91 Å². The number of carbonyl (C=O) groups is 1. The molecule has 0 aromatic heterocycles. The summed E-state index contributed by atoms with van der Waals surface area (Å²) in [6, 6.07) is 0.362. The summed E-state index contributed by atoms with van der Waals surface area (Å²) in [7, 11) is 1.88. The number of carbonyl (C=O) groups excluding carboxylic acids is 1. The number of rotatable bonds is 3. The van der Waals surface area contributed by atoms with Crippen molar-refractivity contribution in [3.05, 3.63) is 0 Å². The second kappa shape index (κ2) is 6.20. The van der Waals surface area contributed by atoms with Crippen LogP contribution in [0.4, 0.5) is 0 Å². The molecule has 5 nitrogen and oxygen atoms in total. The van der Waals surface area contributed by atoms with Gasteiger partial charge in [-0.3, -0.25) is 9.69 Å². The van der Waals surface area contributed by atoms with Crippen molar-refractivity contribution < 1.29 is 15.0 Å². The van der Waals surface area contributed by atoms with Gasteiger partial charge in [0.1, 0.15) is 0 Å². The predicted octanol–water partition coefficient (Wildman–Crippen LogP) is 0.0609. The molecule has 1 saturated heterocycles.